The molecule has 0 bridgehead atoms. The van der Waals surface area contributed by atoms with Crippen LogP contribution in [0.5, 0.6) is 0 Å². The van der Waals surface area contributed by atoms with E-state index in [1.807, 2.05) is 6.92 Å². The van der Waals surface area contributed by atoms with Crippen molar-refractivity contribution in [2.45, 2.75) is 39.2 Å². The number of nitrogens with zero attached hydrogens (tertiary/aromatic N) is 2. The van der Waals surface area contributed by atoms with Gasteiger partial charge in [0.25, 0.3) is 5.91 Å². The fourth-order valence-corrected chi connectivity index (χ4v) is 2.71. The second-order valence-electron chi connectivity index (χ2n) is 5.73. The van der Waals surface area contributed by atoms with Gasteiger partial charge in [0.15, 0.2) is 0 Å². The van der Waals surface area contributed by atoms with E-state index >= 15 is 0 Å². The monoisotopic (exact) mass is 289 g/mol. The summed E-state index contributed by atoms with van der Waals surface area (Å²) in [4.78, 5) is 20.7. The number of nitrogens with one attached hydrogen (secondary N) is 1. The number of pyridine rings is 1. The van der Waals surface area contributed by atoms with Gasteiger partial charge >= 0.3 is 0 Å². The molecule has 2 heterocycles. The normalized spacial score (nSPS) is 13.0. The van der Waals surface area contributed by atoms with E-state index < -0.39 is 0 Å². The van der Waals surface area contributed by atoms with Crippen LogP contribution >= 0.6 is 11.3 Å². The van der Waals surface area contributed by atoms with Crippen LogP contribution in [0.25, 0.3) is 0 Å². The summed E-state index contributed by atoms with van der Waals surface area (Å²) < 4.78 is 0. The smallest absolute Gasteiger partial charge is 0.270 e. The summed E-state index contributed by atoms with van der Waals surface area (Å²) in [5, 5.41) is 5.89. The maximum absolute atomic E-state index is 12.0. The van der Waals surface area contributed by atoms with Gasteiger partial charge in [0.2, 0.25) is 0 Å². The van der Waals surface area contributed by atoms with Crippen molar-refractivity contribution in [2.75, 3.05) is 0 Å². The van der Waals surface area contributed by atoms with Crippen molar-refractivity contribution < 1.29 is 4.79 Å². The molecule has 0 fully saturated rings. The van der Waals surface area contributed by atoms with Gasteiger partial charge in [0.1, 0.15) is 10.7 Å². The summed E-state index contributed by atoms with van der Waals surface area (Å²) in [5.74, 6) is -0.175. The number of hydrogen-bond acceptors (Lipinski definition) is 4. The molecule has 0 aliphatic heterocycles. The molecule has 0 radical (unpaired) electrons. The molecule has 1 atom stereocenters. The van der Waals surface area contributed by atoms with Crippen molar-refractivity contribution in [3.8, 4) is 0 Å². The maximum Gasteiger partial charge on any atom is 0.270 e. The quantitative estimate of drug-likeness (QED) is 0.943. The summed E-state index contributed by atoms with van der Waals surface area (Å²) in [6.07, 6.45) is 1.61. The fourth-order valence-electron chi connectivity index (χ4n) is 1.66. The zero-order valence-electron chi connectivity index (χ0n) is 12.2. The molecule has 20 heavy (non-hydrogen) atoms. The zero-order valence-corrected chi connectivity index (χ0v) is 13.0. The van der Waals surface area contributed by atoms with Gasteiger partial charge < -0.3 is 5.32 Å². The maximum atomic E-state index is 12.0. The van der Waals surface area contributed by atoms with Gasteiger partial charge in [-0.1, -0.05) is 26.8 Å². The van der Waals surface area contributed by atoms with Gasteiger partial charge in [-0.05, 0) is 19.1 Å². The molecule has 1 N–H and O–H groups in total. The Morgan fingerprint density at radius 1 is 1.35 bits per heavy atom. The van der Waals surface area contributed by atoms with Crippen LogP contribution in [-0.2, 0) is 5.41 Å². The average Bonchev–Trinajstić information content (AvgIpc) is 2.89. The predicted octanol–water partition coefficient (Wildman–Crippen LogP) is 3.33. The molecule has 0 aromatic carbocycles. The number of rotatable bonds is 3. The minimum absolute atomic E-state index is 0.0272. The van der Waals surface area contributed by atoms with Gasteiger partial charge in [-0.15, -0.1) is 11.3 Å². The van der Waals surface area contributed by atoms with Crippen LogP contribution in [0.2, 0.25) is 0 Å². The molecule has 0 aliphatic rings. The van der Waals surface area contributed by atoms with E-state index in [4.69, 9.17) is 0 Å². The molecule has 1 amide bonds. The average molecular weight is 289 g/mol. The van der Waals surface area contributed by atoms with Crippen LogP contribution in [0.1, 0.15) is 54.9 Å². The number of carbonyl (C=O) groups excluding carboxylic acids is 1. The van der Waals surface area contributed by atoms with Crippen molar-refractivity contribution in [3.63, 3.8) is 0 Å². The molecule has 0 unspecified atom stereocenters. The lowest BCUT2D eigenvalue weighted by Gasteiger charge is -2.15. The summed E-state index contributed by atoms with van der Waals surface area (Å²) in [7, 11) is 0. The molecular formula is C15H19N3OS. The second-order valence-corrected chi connectivity index (χ2v) is 6.62. The van der Waals surface area contributed by atoms with Crippen molar-refractivity contribution in [2.24, 2.45) is 0 Å². The van der Waals surface area contributed by atoms with Crippen LogP contribution in [0.3, 0.4) is 0 Å². The Morgan fingerprint density at radius 2 is 2.10 bits per heavy atom. The highest BCUT2D eigenvalue weighted by Crippen LogP contribution is 2.26. The Morgan fingerprint density at radius 3 is 2.65 bits per heavy atom. The minimum atomic E-state index is -0.175. The van der Waals surface area contributed by atoms with E-state index in [0.717, 1.165) is 10.7 Å². The summed E-state index contributed by atoms with van der Waals surface area (Å²) in [5.41, 5.74) is 1.50. The molecule has 0 saturated heterocycles. The lowest BCUT2D eigenvalue weighted by molar-refractivity contribution is 0.0935. The third-order valence-corrected chi connectivity index (χ3v) is 3.93. The molecule has 0 spiro atoms. The van der Waals surface area contributed by atoms with Gasteiger partial charge in [-0.2, -0.15) is 0 Å². The summed E-state index contributed by atoms with van der Waals surface area (Å²) >= 11 is 1.58. The van der Waals surface area contributed by atoms with Crippen molar-refractivity contribution in [1.82, 2.24) is 15.3 Å². The third-order valence-electron chi connectivity index (χ3n) is 2.91. The molecule has 2 aromatic heterocycles. The largest absolute Gasteiger partial charge is 0.342 e. The minimum Gasteiger partial charge on any atom is -0.342 e. The first-order chi connectivity index (χ1) is 9.38. The number of aromatic nitrogens is 2. The number of hydrogen-bond donors (Lipinski definition) is 1. The lowest BCUT2D eigenvalue weighted by atomic mass is 9.93. The lowest BCUT2D eigenvalue weighted by Crippen LogP contribution is -2.27. The van der Waals surface area contributed by atoms with E-state index in [-0.39, 0.29) is 17.4 Å². The van der Waals surface area contributed by atoms with Crippen LogP contribution < -0.4 is 5.32 Å². The molecule has 4 nitrogen and oxygen atoms in total. The predicted molar refractivity (Wildman–Crippen MR) is 80.9 cm³/mol. The molecule has 2 aromatic rings. The Bertz CT molecular complexity index is 587. The standard InChI is InChI=1S/C15H19N3OS/c1-10(14-18-12(9-20-14)15(2,3)4)17-13(19)11-7-5-6-8-16-11/h5-10H,1-4H3,(H,17,19)/t10-/m1/s1. The zero-order chi connectivity index (χ0) is 14.8. The molecular weight excluding hydrogens is 270 g/mol. The molecule has 0 saturated carbocycles. The van der Waals surface area contributed by atoms with E-state index in [0.29, 0.717) is 5.69 Å². The van der Waals surface area contributed by atoms with Gasteiger partial charge in [-0.25, -0.2) is 4.98 Å². The van der Waals surface area contributed by atoms with E-state index in [1.54, 1.807) is 35.7 Å². The van der Waals surface area contributed by atoms with Crippen LogP contribution in [0, 0.1) is 0 Å². The van der Waals surface area contributed by atoms with Gasteiger partial charge in [0.05, 0.1) is 11.7 Å². The Kier molecular flexibility index (Phi) is 4.18. The van der Waals surface area contributed by atoms with Gasteiger partial charge in [0, 0.05) is 17.0 Å². The van der Waals surface area contributed by atoms with Crippen molar-refractivity contribution >= 4 is 17.2 Å². The topological polar surface area (TPSA) is 54.9 Å². The highest BCUT2D eigenvalue weighted by molar-refractivity contribution is 7.09. The second kappa shape index (κ2) is 5.71. The highest BCUT2D eigenvalue weighted by Gasteiger charge is 2.20. The van der Waals surface area contributed by atoms with Crippen molar-refractivity contribution in [1.29, 1.82) is 0 Å². The van der Waals surface area contributed by atoms with Crippen molar-refractivity contribution in [3.05, 3.63) is 46.2 Å². The third kappa shape index (κ3) is 3.42. The SMILES string of the molecule is C[C@@H](NC(=O)c1ccccn1)c1nc(C(C)(C)C)cs1. The van der Waals surface area contributed by atoms with Crippen LogP contribution in [0.4, 0.5) is 0 Å². The van der Waals surface area contributed by atoms with E-state index in [2.05, 4.69) is 41.4 Å². The first-order valence-electron chi connectivity index (χ1n) is 6.56. The molecule has 2 rings (SSSR count). The summed E-state index contributed by atoms with van der Waals surface area (Å²) in [6.45, 7) is 8.32. The summed E-state index contributed by atoms with van der Waals surface area (Å²) in [6, 6.07) is 5.17. The van der Waals surface area contributed by atoms with Crippen LogP contribution in [-0.4, -0.2) is 15.9 Å². The first-order valence-corrected chi connectivity index (χ1v) is 7.43. The molecule has 5 heteroatoms. The highest BCUT2D eigenvalue weighted by atomic mass is 32.1. The van der Waals surface area contributed by atoms with E-state index in [9.17, 15) is 4.79 Å². The Balaban J connectivity index is 2.07. The molecule has 106 valence electrons. The van der Waals surface area contributed by atoms with E-state index in [1.165, 1.54) is 0 Å². The molecule has 0 aliphatic carbocycles. The fraction of sp³-hybridized carbons (Fsp3) is 0.400. The van der Waals surface area contributed by atoms with Gasteiger partial charge in [-0.3, -0.25) is 9.78 Å². The number of amides is 1. The Hall–Kier alpha value is -1.75. The van der Waals surface area contributed by atoms with Crippen LogP contribution in [0.15, 0.2) is 29.8 Å². The Labute approximate surface area is 123 Å². The number of carbonyl (C=O) groups is 1. The first kappa shape index (κ1) is 14.7. The number of thiazole rings is 1.